The van der Waals surface area contributed by atoms with E-state index in [-0.39, 0.29) is 29.9 Å². The van der Waals surface area contributed by atoms with Gasteiger partial charge in [0.15, 0.2) is 5.96 Å². The minimum atomic E-state index is -0.116. The lowest BCUT2D eigenvalue weighted by atomic mass is 10.2. The van der Waals surface area contributed by atoms with Crippen molar-refractivity contribution in [2.75, 3.05) is 57.8 Å². The van der Waals surface area contributed by atoms with Crippen molar-refractivity contribution in [3.05, 3.63) is 48.3 Å². The fourth-order valence-corrected chi connectivity index (χ4v) is 3.17. The Kier molecular flexibility index (Phi) is 10.3. The zero-order chi connectivity index (χ0) is 21.2. The van der Waals surface area contributed by atoms with Gasteiger partial charge in [-0.1, -0.05) is 0 Å². The van der Waals surface area contributed by atoms with Gasteiger partial charge in [0.05, 0.1) is 13.7 Å². The van der Waals surface area contributed by atoms with Crippen molar-refractivity contribution in [2.45, 2.75) is 6.92 Å². The number of methoxy groups -OCH3 is 1. The van der Waals surface area contributed by atoms with Gasteiger partial charge in [-0.25, -0.2) is 9.97 Å². The Labute approximate surface area is 200 Å². The molecule has 1 aromatic heterocycles. The zero-order valence-corrected chi connectivity index (χ0v) is 20.3. The van der Waals surface area contributed by atoms with E-state index in [1.165, 1.54) is 0 Å². The molecule has 0 atom stereocenters. The fourth-order valence-electron chi connectivity index (χ4n) is 3.17. The van der Waals surface area contributed by atoms with Crippen molar-refractivity contribution >= 4 is 41.8 Å². The van der Waals surface area contributed by atoms with Gasteiger partial charge in [-0.3, -0.25) is 9.79 Å². The van der Waals surface area contributed by atoms with Crippen LogP contribution in [0.25, 0.3) is 0 Å². The molecule has 10 heteroatoms. The van der Waals surface area contributed by atoms with Crippen molar-refractivity contribution in [3.63, 3.8) is 0 Å². The molecule has 1 aliphatic rings. The number of guanidine groups is 1. The second-order valence-electron chi connectivity index (χ2n) is 6.74. The van der Waals surface area contributed by atoms with Gasteiger partial charge in [-0.15, -0.1) is 24.0 Å². The topological polar surface area (TPSA) is 95.0 Å². The number of nitrogens with one attached hydrogen (secondary N) is 2. The summed E-state index contributed by atoms with van der Waals surface area (Å²) in [4.78, 5) is 30.0. The maximum absolute atomic E-state index is 12.2. The summed E-state index contributed by atoms with van der Waals surface area (Å²) in [7, 11) is 1.60. The Morgan fingerprint density at radius 3 is 2.39 bits per heavy atom. The molecule has 1 fully saturated rings. The highest BCUT2D eigenvalue weighted by atomic mass is 127. The Hall–Kier alpha value is -2.63. The number of benzene rings is 1. The number of ether oxygens (including phenoxy) is 1. The quantitative estimate of drug-likeness (QED) is 0.239. The van der Waals surface area contributed by atoms with Gasteiger partial charge < -0.3 is 25.2 Å². The number of amides is 1. The Morgan fingerprint density at radius 2 is 1.77 bits per heavy atom. The normalized spacial score (nSPS) is 13.9. The molecule has 2 N–H and O–H groups in total. The molecular weight excluding hydrogens is 509 g/mol. The fraction of sp³-hybridized carbons (Fsp3) is 0.429. The van der Waals surface area contributed by atoms with E-state index in [9.17, 15) is 4.79 Å². The molecule has 9 nitrogen and oxygen atoms in total. The second kappa shape index (κ2) is 12.9. The van der Waals surface area contributed by atoms with Crippen LogP contribution in [-0.2, 0) is 0 Å². The smallest absolute Gasteiger partial charge is 0.251 e. The van der Waals surface area contributed by atoms with E-state index in [0.29, 0.717) is 18.7 Å². The highest BCUT2D eigenvalue weighted by Gasteiger charge is 2.21. The van der Waals surface area contributed by atoms with Crippen LogP contribution in [0.1, 0.15) is 17.3 Å². The third-order valence-electron chi connectivity index (χ3n) is 4.76. The third kappa shape index (κ3) is 7.23. The SMILES string of the molecule is CCNC(=NCCNC(=O)c1ccc(OC)cc1)N1CCN(c2ncccn2)CC1.I. The van der Waals surface area contributed by atoms with Crippen LogP contribution in [0.5, 0.6) is 5.75 Å². The van der Waals surface area contributed by atoms with E-state index < -0.39 is 0 Å². The molecule has 168 valence electrons. The zero-order valence-electron chi connectivity index (χ0n) is 18.0. The van der Waals surface area contributed by atoms with Crippen molar-refractivity contribution in [1.82, 2.24) is 25.5 Å². The van der Waals surface area contributed by atoms with Gasteiger partial charge in [-0.2, -0.15) is 0 Å². The van der Waals surface area contributed by atoms with E-state index in [2.05, 4.69) is 42.3 Å². The van der Waals surface area contributed by atoms with Crippen molar-refractivity contribution < 1.29 is 9.53 Å². The van der Waals surface area contributed by atoms with E-state index in [1.807, 2.05) is 6.07 Å². The number of aliphatic imine (C=N–C) groups is 1. The van der Waals surface area contributed by atoms with Crippen LogP contribution < -0.4 is 20.3 Å². The molecule has 0 spiro atoms. The summed E-state index contributed by atoms with van der Waals surface area (Å²) in [6.07, 6.45) is 3.53. The Morgan fingerprint density at radius 1 is 1.10 bits per heavy atom. The largest absolute Gasteiger partial charge is 0.497 e. The number of piperazine rings is 1. The van der Waals surface area contributed by atoms with Crippen LogP contribution in [0.3, 0.4) is 0 Å². The molecule has 0 aliphatic carbocycles. The molecule has 31 heavy (non-hydrogen) atoms. The van der Waals surface area contributed by atoms with Crippen molar-refractivity contribution in [2.24, 2.45) is 4.99 Å². The van der Waals surface area contributed by atoms with Crippen LogP contribution in [0.15, 0.2) is 47.7 Å². The molecule has 1 aliphatic heterocycles. The van der Waals surface area contributed by atoms with Crippen LogP contribution in [-0.4, -0.2) is 79.7 Å². The van der Waals surface area contributed by atoms with Crippen LogP contribution in [0, 0.1) is 0 Å². The molecule has 1 aromatic carbocycles. The number of carbonyl (C=O) groups is 1. The van der Waals surface area contributed by atoms with Crippen molar-refractivity contribution in [1.29, 1.82) is 0 Å². The molecule has 2 heterocycles. The molecule has 1 saturated heterocycles. The number of aromatic nitrogens is 2. The summed E-state index contributed by atoms with van der Waals surface area (Å²) in [6.45, 7) is 7.16. The van der Waals surface area contributed by atoms with E-state index in [1.54, 1.807) is 43.8 Å². The predicted octanol–water partition coefficient (Wildman–Crippen LogP) is 1.62. The lowest BCUT2D eigenvalue weighted by Gasteiger charge is -2.36. The van der Waals surface area contributed by atoms with E-state index in [4.69, 9.17) is 4.74 Å². The van der Waals surface area contributed by atoms with E-state index in [0.717, 1.165) is 50.4 Å². The maximum atomic E-state index is 12.2. The number of hydrogen-bond donors (Lipinski definition) is 2. The van der Waals surface area contributed by atoms with Gasteiger partial charge in [0, 0.05) is 57.2 Å². The average Bonchev–Trinajstić information content (AvgIpc) is 2.81. The first-order valence-corrected chi connectivity index (χ1v) is 10.2. The summed E-state index contributed by atoms with van der Waals surface area (Å²) < 4.78 is 5.12. The number of anilines is 1. The monoisotopic (exact) mass is 539 g/mol. The third-order valence-corrected chi connectivity index (χ3v) is 4.76. The molecule has 0 bridgehead atoms. The Balaban J connectivity index is 0.00000341. The van der Waals surface area contributed by atoms with Gasteiger partial charge in [0.1, 0.15) is 5.75 Å². The van der Waals surface area contributed by atoms with Crippen LogP contribution >= 0.6 is 24.0 Å². The molecule has 3 rings (SSSR count). The average molecular weight is 539 g/mol. The summed E-state index contributed by atoms with van der Waals surface area (Å²) in [5.74, 6) is 2.24. The first-order valence-electron chi connectivity index (χ1n) is 10.2. The first-order chi connectivity index (χ1) is 14.7. The summed E-state index contributed by atoms with van der Waals surface area (Å²) in [6, 6.07) is 8.87. The van der Waals surface area contributed by atoms with Gasteiger partial charge >= 0.3 is 0 Å². The Bertz CT molecular complexity index is 825. The number of carbonyl (C=O) groups excluding carboxylic acids is 1. The maximum Gasteiger partial charge on any atom is 0.251 e. The molecule has 0 saturated carbocycles. The first kappa shape index (κ1) is 24.6. The van der Waals surface area contributed by atoms with Crippen LogP contribution in [0.4, 0.5) is 5.95 Å². The van der Waals surface area contributed by atoms with Gasteiger partial charge in [-0.05, 0) is 37.3 Å². The van der Waals surface area contributed by atoms with Gasteiger partial charge in [0.2, 0.25) is 5.95 Å². The summed E-state index contributed by atoms with van der Waals surface area (Å²) in [5, 5.41) is 6.25. The molecule has 0 unspecified atom stereocenters. The lowest BCUT2D eigenvalue weighted by molar-refractivity contribution is 0.0954. The summed E-state index contributed by atoms with van der Waals surface area (Å²) >= 11 is 0. The molecule has 2 aromatic rings. The second-order valence-corrected chi connectivity index (χ2v) is 6.74. The minimum Gasteiger partial charge on any atom is -0.497 e. The molecule has 0 radical (unpaired) electrons. The van der Waals surface area contributed by atoms with Crippen LogP contribution in [0.2, 0.25) is 0 Å². The molecular formula is C21H30IN7O2. The number of halogens is 1. The van der Waals surface area contributed by atoms with Crippen molar-refractivity contribution in [3.8, 4) is 5.75 Å². The summed E-state index contributed by atoms with van der Waals surface area (Å²) in [5.41, 5.74) is 0.603. The number of hydrogen-bond acceptors (Lipinski definition) is 6. The minimum absolute atomic E-state index is 0. The van der Waals surface area contributed by atoms with E-state index >= 15 is 0 Å². The standard InChI is InChI=1S/C21H29N7O2.HI/c1-3-22-20(27-13-15-28(16-14-27)21-24-9-4-10-25-21)26-12-11-23-19(29)17-5-7-18(30-2)8-6-17;/h4-10H,3,11-16H2,1-2H3,(H,22,26)(H,23,29);1H. The molecule has 1 amide bonds. The highest BCUT2D eigenvalue weighted by molar-refractivity contribution is 14.0. The predicted molar refractivity (Wildman–Crippen MR) is 133 cm³/mol. The lowest BCUT2D eigenvalue weighted by Crippen LogP contribution is -2.53. The van der Waals surface area contributed by atoms with Gasteiger partial charge in [0.25, 0.3) is 5.91 Å². The number of rotatable bonds is 7. The number of nitrogens with zero attached hydrogens (tertiary/aromatic N) is 5. The highest BCUT2D eigenvalue weighted by Crippen LogP contribution is 2.11.